The molecule has 6 N–H and O–H groups in total. The lowest BCUT2D eigenvalue weighted by molar-refractivity contribution is -0.368. The Labute approximate surface area is 169 Å². The van der Waals surface area contributed by atoms with Crippen LogP contribution < -0.4 is 0 Å². The fraction of sp³-hybridized carbons (Fsp3) is 0.455. The van der Waals surface area contributed by atoms with Gasteiger partial charge in [0, 0.05) is 5.56 Å². The van der Waals surface area contributed by atoms with Gasteiger partial charge in [-0.05, 0) is 41.2 Å². The van der Waals surface area contributed by atoms with E-state index in [0.717, 1.165) is 17.5 Å². The smallest absolute Gasteiger partial charge is 0.225 e. The summed E-state index contributed by atoms with van der Waals surface area (Å²) in [5.41, 5.74) is 4.95. The Morgan fingerprint density at radius 2 is 1.62 bits per heavy atom. The highest BCUT2D eigenvalue weighted by Crippen LogP contribution is 2.46. The Morgan fingerprint density at radius 1 is 0.966 bits per heavy atom. The first-order valence-electron chi connectivity index (χ1n) is 9.65. The van der Waals surface area contributed by atoms with Crippen LogP contribution in [0, 0.1) is 0 Å². The third kappa shape index (κ3) is 3.71. The Bertz CT molecular complexity index is 836. The normalized spacial score (nSPS) is 30.8. The Hall–Kier alpha value is -1.84. The van der Waals surface area contributed by atoms with E-state index in [1.807, 2.05) is 18.2 Å². The lowest BCUT2D eigenvalue weighted by Gasteiger charge is -2.46. The van der Waals surface area contributed by atoms with Crippen LogP contribution in [-0.2, 0) is 34.7 Å². The highest BCUT2D eigenvalue weighted by molar-refractivity contribution is 5.41. The highest BCUT2D eigenvalue weighted by Gasteiger charge is 2.58. The van der Waals surface area contributed by atoms with Gasteiger partial charge in [0.2, 0.25) is 5.79 Å². The predicted octanol–water partition coefficient (Wildman–Crippen LogP) is 0.172. The average molecular weight is 404 g/mol. The molecule has 2 aromatic carbocycles. The van der Waals surface area contributed by atoms with Crippen LogP contribution in [0.2, 0.25) is 0 Å². The lowest BCUT2D eigenvalue weighted by atomic mass is 9.86. The summed E-state index contributed by atoms with van der Waals surface area (Å²) in [5.74, 6) is -1.59. The number of aliphatic hydroxyl groups excluding tert-OH is 4. The number of rotatable bonds is 4. The number of hydrogen-bond donors (Lipinski definition) is 4. The van der Waals surface area contributed by atoms with Gasteiger partial charge in [-0.1, -0.05) is 43.3 Å². The van der Waals surface area contributed by atoms with Crippen molar-refractivity contribution in [1.82, 2.24) is 0 Å². The predicted molar refractivity (Wildman–Crippen MR) is 105 cm³/mol. The first-order valence-corrected chi connectivity index (χ1v) is 9.65. The number of hydrogen-bond acceptors (Lipinski definition) is 6. The summed E-state index contributed by atoms with van der Waals surface area (Å²) in [4.78, 5) is 0. The van der Waals surface area contributed by atoms with E-state index < -0.39 is 36.8 Å². The molecule has 2 heterocycles. The van der Waals surface area contributed by atoms with Crippen molar-refractivity contribution in [2.75, 3.05) is 6.61 Å². The maximum Gasteiger partial charge on any atom is 0.225 e. The molecule has 7 heteroatoms. The van der Waals surface area contributed by atoms with Crippen LogP contribution in [0.1, 0.15) is 34.7 Å². The molecule has 0 saturated carbocycles. The second kappa shape index (κ2) is 8.49. The molecular formula is C22H28O7. The van der Waals surface area contributed by atoms with E-state index in [4.69, 9.17) is 9.47 Å². The number of aryl methyl sites for hydroxylation is 1. The number of benzene rings is 2. The van der Waals surface area contributed by atoms with E-state index in [9.17, 15) is 20.4 Å². The van der Waals surface area contributed by atoms with Crippen molar-refractivity contribution in [3.63, 3.8) is 0 Å². The molecule has 1 saturated heterocycles. The molecule has 2 aromatic rings. The van der Waals surface area contributed by atoms with Gasteiger partial charge < -0.3 is 35.4 Å². The van der Waals surface area contributed by atoms with Gasteiger partial charge in [0.15, 0.2) is 0 Å². The minimum atomic E-state index is -1.59. The SMILES string of the molecule is CCc1ccc(Cc2ccc3c(c2)C2(OC3)OC(CO)C(O)C(O)C2O)cc1.O. The van der Waals surface area contributed by atoms with Gasteiger partial charge in [-0.2, -0.15) is 0 Å². The van der Waals surface area contributed by atoms with Crippen molar-refractivity contribution in [3.05, 3.63) is 70.3 Å². The van der Waals surface area contributed by atoms with Crippen molar-refractivity contribution < 1.29 is 35.4 Å². The third-order valence-electron chi connectivity index (χ3n) is 5.78. The molecule has 2 aliphatic heterocycles. The standard InChI is InChI=1S/C22H26O6.H2O/c1-2-13-3-5-14(6-4-13)9-15-7-8-16-12-27-22(17(16)10-15)21(26)20(25)19(24)18(11-23)28-22;/h3-8,10,18-21,23-26H,2,9,11-12H2,1H3;1H2. The molecule has 1 spiro atoms. The molecule has 0 bridgehead atoms. The van der Waals surface area contributed by atoms with E-state index in [-0.39, 0.29) is 12.1 Å². The van der Waals surface area contributed by atoms with Gasteiger partial charge in [-0.25, -0.2) is 0 Å². The average Bonchev–Trinajstić information content (AvgIpc) is 3.08. The van der Waals surface area contributed by atoms with Crippen molar-refractivity contribution in [1.29, 1.82) is 0 Å². The van der Waals surface area contributed by atoms with Crippen LogP contribution in [-0.4, -0.2) is 56.9 Å². The van der Waals surface area contributed by atoms with Crippen LogP contribution in [0.4, 0.5) is 0 Å². The molecule has 158 valence electrons. The Balaban J connectivity index is 0.00000240. The second-order valence-electron chi connectivity index (χ2n) is 7.56. The van der Waals surface area contributed by atoms with E-state index in [1.165, 1.54) is 11.1 Å². The molecule has 1 fully saturated rings. The Kier molecular flexibility index (Phi) is 6.40. The summed E-state index contributed by atoms with van der Waals surface area (Å²) in [7, 11) is 0. The zero-order valence-electron chi connectivity index (χ0n) is 16.3. The van der Waals surface area contributed by atoms with E-state index in [0.29, 0.717) is 12.0 Å². The van der Waals surface area contributed by atoms with E-state index in [1.54, 1.807) is 0 Å². The minimum Gasteiger partial charge on any atom is -0.412 e. The summed E-state index contributed by atoms with van der Waals surface area (Å²) in [5, 5.41) is 40.5. The summed E-state index contributed by atoms with van der Waals surface area (Å²) in [6.07, 6.45) is -3.69. The summed E-state index contributed by atoms with van der Waals surface area (Å²) in [6, 6.07) is 14.3. The molecule has 5 atom stereocenters. The number of ether oxygens (including phenoxy) is 2. The first kappa shape index (κ1) is 21.9. The minimum absolute atomic E-state index is 0. The van der Waals surface area contributed by atoms with Gasteiger partial charge in [0.25, 0.3) is 0 Å². The highest BCUT2D eigenvalue weighted by atomic mass is 16.7. The van der Waals surface area contributed by atoms with Crippen molar-refractivity contribution in [3.8, 4) is 0 Å². The molecule has 0 amide bonds. The molecule has 0 radical (unpaired) electrons. The van der Waals surface area contributed by atoms with Gasteiger partial charge >= 0.3 is 0 Å². The lowest BCUT2D eigenvalue weighted by Crippen LogP contribution is -2.63. The van der Waals surface area contributed by atoms with E-state index in [2.05, 4.69) is 31.2 Å². The second-order valence-corrected chi connectivity index (χ2v) is 7.56. The summed E-state index contributed by atoms with van der Waals surface area (Å²) >= 11 is 0. The molecule has 0 aromatic heterocycles. The molecular weight excluding hydrogens is 376 g/mol. The zero-order chi connectivity index (χ0) is 19.9. The fourth-order valence-electron chi connectivity index (χ4n) is 4.06. The molecule has 0 aliphatic carbocycles. The van der Waals surface area contributed by atoms with Crippen LogP contribution >= 0.6 is 0 Å². The maximum absolute atomic E-state index is 10.7. The maximum atomic E-state index is 10.7. The Morgan fingerprint density at radius 3 is 2.28 bits per heavy atom. The van der Waals surface area contributed by atoms with Crippen LogP contribution in [0.15, 0.2) is 42.5 Å². The largest absolute Gasteiger partial charge is 0.412 e. The molecule has 29 heavy (non-hydrogen) atoms. The third-order valence-corrected chi connectivity index (χ3v) is 5.78. The fourth-order valence-corrected chi connectivity index (χ4v) is 4.06. The van der Waals surface area contributed by atoms with Gasteiger partial charge in [0.1, 0.15) is 24.4 Å². The summed E-state index contributed by atoms with van der Waals surface area (Å²) < 4.78 is 11.6. The van der Waals surface area contributed by atoms with E-state index >= 15 is 0 Å². The summed E-state index contributed by atoms with van der Waals surface area (Å²) in [6.45, 7) is 1.85. The van der Waals surface area contributed by atoms with Crippen LogP contribution in [0.5, 0.6) is 0 Å². The molecule has 5 unspecified atom stereocenters. The molecule has 7 nitrogen and oxygen atoms in total. The monoisotopic (exact) mass is 404 g/mol. The first-order chi connectivity index (χ1) is 13.5. The number of fused-ring (bicyclic) bond motifs is 2. The molecule has 2 aliphatic rings. The van der Waals surface area contributed by atoms with Crippen LogP contribution in [0.3, 0.4) is 0 Å². The number of aliphatic hydroxyl groups is 4. The van der Waals surface area contributed by atoms with Crippen molar-refractivity contribution >= 4 is 0 Å². The molecule has 4 rings (SSSR count). The topological polar surface area (TPSA) is 131 Å². The van der Waals surface area contributed by atoms with Crippen LogP contribution in [0.25, 0.3) is 0 Å². The zero-order valence-corrected chi connectivity index (χ0v) is 16.3. The quantitative estimate of drug-likeness (QED) is 0.575. The van der Waals surface area contributed by atoms with Gasteiger partial charge in [-0.15, -0.1) is 0 Å². The van der Waals surface area contributed by atoms with Gasteiger partial charge in [0.05, 0.1) is 13.2 Å². The van der Waals surface area contributed by atoms with Crippen molar-refractivity contribution in [2.24, 2.45) is 0 Å². The van der Waals surface area contributed by atoms with Gasteiger partial charge in [-0.3, -0.25) is 0 Å². The van der Waals surface area contributed by atoms with Crippen molar-refractivity contribution in [2.45, 2.75) is 56.6 Å².